The van der Waals surface area contributed by atoms with Gasteiger partial charge in [0, 0.05) is 47.3 Å². The molecule has 76 heavy (non-hydrogen) atoms. The molecule has 3 aliphatic heterocycles. The van der Waals surface area contributed by atoms with Crippen molar-refractivity contribution in [2.45, 2.75) is 94.8 Å². The quantitative estimate of drug-likeness (QED) is 0.0201. The minimum Gasteiger partial charge on any atom is -0.458 e. The lowest BCUT2D eigenvalue weighted by Crippen LogP contribution is -2.52. The number of anilines is 1. The number of thiol groups is 1. The monoisotopic (exact) mass is 1060 g/mol. The van der Waals surface area contributed by atoms with Crippen molar-refractivity contribution in [2.24, 2.45) is 0 Å². The highest BCUT2D eigenvalue weighted by molar-refractivity contribution is 7.82. The summed E-state index contributed by atoms with van der Waals surface area (Å²) in [6, 6.07) is 17.5. The topological polar surface area (TPSA) is 274 Å². The summed E-state index contributed by atoms with van der Waals surface area (Å²) in [6.45, 7) is 2.01. The molecule has 4 aliphatic rings. The number of amides is 7. The van der Waals surface area contributed by atoms with Crippen LogP contribution in [-0.2, 0) is 85.7 Å². The Balaban J connectivity index is 0.750. The zero-order chi connectivity index (χ0) is 54.0. The number of hydrogen-bond acceptors (Lipinski definition) is 14. The average molecular weight is 1060 g/mol. The van der Waals surface area contributed by atoms with Gasteiger partial charge in [0.1, 0.15) is 25.2 Å². The van der Waals surface area contributed by atoms with Crippen molar-refractivity contribution in [2.75, 3.05) is 37.9 Å². The lowest BCUT2D eigenvalue weighted by Gasteiger charge is -2.37. The zero-order valence-corrected chi connectivity index (χ0v) is 42.5. The van der Waals surface area contributed by atoms with E-state index in [4.69, 9.17) is 14.5 Å². The summed E-state index contributed by atoms with van der Waals surface area (Å²) in [4.78, 5) is 121. The number of fused-ring (bicyclic) bond motifs is 5. The molecule has 7 amide bonds. The molecule has 1 aliphatic carbocycles. The van der Waals surface area contributed by atoms with Crippen molar-refractivity contribution < 1.29 is 57.3 Å². The van der Waals surface area contributed by atoms with Crippen LogP contribution < -0.4 is 37.0 Å². The Morgan fingerprint density at radius 3 is 2.34 bits per heavy atom. The highest BCUT2D eigenvalue weighted by atomic mass is 32.1. The maximum absolute atomic E-state index is 15.4. The van der Waals surface area contributed by atoms with Gasteiger partial charge in [-0.1, -0.05) is 49.4 Å². The number of carbonyl (C=O) groups is 8. The Morgan fingerprint density at radius 2 is 1.61 bits per heavy atom. The molecule has 0 spiro atoms. The predicted octanol–water partition coefficient (Wildman–Crippen LogP) is 1.92. The number of aliphatic hydroxyl groups is 1. The molecule has 5 heterocycles. The molecule has 396 valence electrons. The first-order chi connectivity index (χ1) is 36.4. The van der Waals surface area contributed by atoms with Crippen LogP contribution in [0.5, 0.6) is 0 Å². The lowest BCUT2D eigenvalue weighted by atomic mass is 9.69. The first-order valence-corrected chi connectivity index (χ1v) is 25.3. The number of aliphatic hydroxyl groups excluding tert-OH is 1. The van der Waals surface area contributed by atoms with Gasteiger partial charge in [0.05, 0.1) is 66.2 Å². The Bertz CT molecular complexity index is 3280. The number of hydrogen-bond donors (Lipinski definition) is 7. The fraction of sp³-hybridized carbons (Fsp3) is 0.370. The van der Waals surface area contributed by atoms with Gasteiger partial charge in [0.2, 0.25) is 41.4 Å². The van der Waals surface area contributed by atoms with Gasteiger partial charge in [-0.05, 0) is 78.6 Å². The molecule has 22 heteroatoms. The normalized spacial score (nSPS) is 18.5. The van der Waals surface area contributed by atoms with E-state index in [0.29, 0.717) is 59.4 Å². The standard InChI is InChI=1S/C54H55FN8O12S/c1-28-32-15-16-54(2,47-34-24-62-39(48(34)61-37(46(32)47)19-36(28)55)18-33-35(51(62)71)25-75-53(73)49(33)69)26-74-27-59-43(66)22-58-50(70)38(17-30-7-4-3-5-8-30)60-44(67)23-57-42(65)21-56-41(64)10-6-9-29-11-13-31(14-12-29)63-45(68)20-40(76)52(63)72/h3-5,7-8,11-14,18-19,38,40,49,69,76H,6,9-10,15-17,20-27H2,1-2H3,(H,56,64)(H,57,65)(H,58,70)(H,59,66)(H,60,67). The first kappa shape index (κ1) is 53.0. The van der Waals surface area contributed by atoms with Crippen molar-refractivity contribution >= 4 is 76.5 Å². The number of aromatic nitrogens is 2. The van der Waals surface area contributed by atoms with E-state index < -0.39 is 83.4 Å². The Labute approximate surface area is 439 Å². The maximum Gasteiger partial charge on any atom is 0.340 e. The van der Waals surface area contributed by atoms with E-state index in [1.54, 1.807) is 67.6 Å². The summed E-state index contributed by atoms with van der Waals surface area (Å²) in [5.74, 6) is -4.96. The van der Waals surface area contributed by atoms with Crippen LogP contribution in [-0.4, -0.2) is 106 Å². The Kier molecular flexibility index (Phi) is 15.5. The van der Waals surface area contributed by atoms with E-state index >= 15 is 4.39 Å². The van der Waals surface area contributed by atoms with Gasteiger partial charge >= 0.3 is 5.97 Å². The van der Waals surface area contributed by atoms with E-state index in [9.17, 15) is 48.3 Å². The van der Waals surface area contributed by atoms with Crippen LogP contribution in [0.15, 0.2) is 71.5 Å². The van der Waals surface area contributed by atoms with Crippen LogP contribution in [0.1, 0.15) is 83.2 Å². The summed E-state index contributed by atoms with van der Waals surface area (Å²) in [6.07, 6.45) is 0.559. The number of aryl methyl sites for hydroxylation is 2. The number of ether oxygens (including phenoxy) is 2. The maximum atomic E-state index is 15.4. The first-order valence-electron chi connectivity index (χ1n) is 24.8. The molecule has 5 aromatic rings. The molecule has 4 unspecified atom stereocenters. The second-order valence-corrected chi connectivity index (χ2v) is 20.2. The number of carbonyl (C=O) groups excluding carboxylic acids is 8. The molecular formula is C54H55FN8O12S. The van der Waals surface area contributed by atoms with Crippen molar-refractivity contribution in [3.8, 4) is 11.4 Å². The van der Waals surface area contributed by atoms with Crippen molar-refractivity contribution in [1.82, 2.24) is 36.1 Å². The number of pyridine rings is 2. The average Bonchev–Trinajstić information content (AvgIpc) is 4.09. The molecule has 1 saturated heterocycles. The second-order valence-electron chi connectivity index (χ2n) is 19.6. The van der Waals surface area contributed by atoms with Gasteiger partial charge in [-0.3, -0.25) is 38.4 Å². The summed E-state index contributed by atoms with van der Waals surface area (Å²) in [7, 11) is 0. The molecule has 4 atom stereocenters. The van der Waals surface area contributed by atoms with Crippen LogP contribution >= 0.6 is 12.6 Å². The number of halogens is 1. The summed E-state index contributed by atoms with van der Waals surface area (Å²) in [5, 5.41) is 23.5. The number of rotatable bonds is 19. The van der Waals surface area contributed by atoms with E-state index in [1.807, 2.05) is 6.92 Å². The molecule has 0 bridgehead atoms. The Hall–Kier alpha value is -7.82. The summed E-state index contributed by atoms with van der Waals surface area (Å²) >= 11 is 4.15. The van der Waals surface area contributed by atoms with Gasteiger partial charge < -0.3 is 45.7 Å². The highest BCUT2D eigenvalue weighted by Crippen LogP contribution is 2.48. The molecule has 6 N–H and O–H groups in total. The second kappa shape index (κ2) is 22.2. The number of nitrogens with zero attached hydrogens (tertiary/aromatic N) is 3. The number of imide groups is 1. The Morgan fingerprint density at radius 1 is 0.895 bits per heavy atom. The fourth-order valence-corrected chi connectivity index (χ4v) is 10.6. The number of esters is 1. The van der Waals surface area contributed by atoms with Crippen LogP contribution in [0.3, 0.4) is 0 Å². The molecule has 3 aromatic carbocycles. The number of nitrogens with one attached hydrogen (secondary N) is 5. The van der Waals surface area contributed by atoms with Gasteiger partial charge in [0.15, 0.2) is 6.10 Å². The summed E-state index contributed by atoms with van der Waals surface area (Å²) in [5.41, 5.74) is 5.20. The zero-order valence-electron chi connectivity index (χ0n) is 41.6. The largest absolute Gasteiger partial charge is 0.458 e. The molecule has 9 rings (SSSR count). The van der Waals surface area contributed by atoms with Crippen molar-refractivity contribution in [3.63, 3.8) is 0 Å². The van der Waals surface area contributed by atoms with Gasteiger partial charge in [-0.15, -0.1) is 0 Å². The van der Waals surface area contributed by atoms with E-state index in [2.05, 4.69) is 39.2 Å². The van der Waals surface area contributed by atoms with Gasteiger partial charge in [-0.25, -0.2) is 19.1 Å². The third kappa shape index (κ3) is 11.0. The summed E-state index contributed by atoms with van der Waals surface area (Å²) < 4.78 is 28.1. The SMILES string of the molecule is Cc1c(F)cc2nc3c(c4c2c1CCC4(C)COCNC(=O)CNC(=O)C(Cc1ccccc1)NC(=O)CNC(=O)CNC(=O)CCCc1ccc(N2C(=O)CC(S)C2=O)cc1)Cn1c-3cc2c(c1=O)COC(=O)C2O. The van der Waals surface area contributed by atoms with E-state index in [1.165, 1.54) is 10.6 Å². The van der Waals surface area contributed by atoms with Crippen LogP contribution in [0.2, 0.25) is 0 Å². The molecule has 1 fully saturated rings. The van der Waals surface area contributed by atoms with Crippen LogP contribution in [0.25, 0.3) is 22.3 Å². The van der Waals surface area contributed by atoms with Gasteiger partial charge in [-0.2, -0.15) is 12.6 Å². The molecule has 2 aromatic heterocycles. The van der Waals surface area contributed by atoms with E-state index in [-0.39, 0.29) is 74.6 Å². The minimum atomic E-state index is -1.64. The number of benzene rings is 3. The molecule has 20 nitrogen and oxygen atoms in total. The third-order valence-electron chi connectivity index (χ3n) is 14.3. The van der Waals surface area contributed by atoms with Crippen molar-refractivity contribution in [3.05, 3.63) is 127 Å². The minimum absolute atomic E-state index is 0.0417. The smallest absolute Gasteiger partial charge is 0.340 e. The fourth-order valence-electron chi connectivity index (χ4n) is 10.3. The van der Waals surface area contributed by atoms with Crippen molar-refractivity contribution in [1.29, 1.82) is 0 Å². The van der Waals surface area contributed by atoms with E-state index in [0.717, 1.165) is 32.5 Å². The third-order valence-corrected chi connectivity index (χ3v) is 14.7. The predicted molar refractivity (Wildman–Crippen MR) is 275 cm³/mol. The molecule has 0 radical (unpaired) electrons. The van der Waals surface area contributed by atoms with Gasteiger partial charge in [0.25, 0.3) is 5.56 Å². The lowest BCUT2D eigenvalue weighted by molar-refractivity contribution is -0.157. The highest BCUT2D eigenvalue weighted by Gasteiger charge is 2.42. The molecular weight excluding hydrogens is 1000 g/mol. The van der Waals surface area contributed by atoms with Crippen LogP contribution in [0.4, 0.5) is 10.1 Å². The molecule has 0 saturated carbocycles. The van der Waals surface area contributed by atoms with Crippen LogP contribution in [0, 0.1) is 12.7 Å². The number of cyclic esters (lactones) is 1.